The number of hydrogen-bond donors (Lipinski definition) is 1. The van der Waals surface area contributed by atoms with Crippen LogP contribution < -0.4 is 5.32 Å². The minimum atomic E-state index is -0.0194. The number of carbonyl (C=O) groups is 1. The number of amides is 1. The van der Waals surface area contributed by atoms with E-state index in [1.54, 1.807) is 24.3 Å². The molecule has 1 aromatic rings. The Hall–Kier alpha value is -1.90. The molecule has 1 aliphatic rings. The van der Waals surface area contributed by atoms with Crippen molar-refractivity contribution in [3.8, 4) is 6.07 Å². The van der Waals surface area contributed by atoms with Crippen LogP contribution in [0.1, 0.15) is 18.9 Å². The topological polar surface area (TPSA) is 59.4 Å². The van der Waals surface area contributed by atoms with E-state index in [9.17, 15) is 4.79 Å². The molecule has 0 atom stereocenters. The van der Waals surface area contributed by atoms with Gasteiger partial charge in [0.2, 0.25) is 5.91 Å². The summed E-state index contributed by atoms with van der Waals surface area (Å²) in [5, 5.41) is 11.7. The first-order chi connectivity index (χ1) is 10.2. The van der Waals surface area contributed by atoms with Crippen molar-refractivity contribution in [1.29, 1.82) is 5.26 Å². The maximum absolute atomic E-state index is 12.0. The summed E-state index contributed by atoms with van der Waals surface area (Å²) in [6.45, 7) is 7.68. The van der Waals surface area contributed by atoms with Crippen LogP contribution in [0.2, 0.25) is 0 Å². The summed E-state index contributed by atoms with van der Waals surface area (Å²) in [6.07, 6.45) is 1.18. The van der Waals surface area contributed by atoms with E-state index < -0.39 is 0 Å². The van der Waals surface area contributed by atoms with E-state index in [-0.39, 0.29) is 5.91 Å². The van der Waals surface area contributed by atoms with Gasteiger partial charge in [0.25, 0.3) is 0 Å². The second-order valence-electron chi connectivity index (χ2n) is 5.36. The molecule has 0 bridgehead atoms. The first kappa shape index (κ1) is 15.5. The molecule has 0 aliphatic carbocycles. The molecule has 112 valence electrons. The van der Waals surface area contributed by atoms with Gasteiger partial charge >= 0.3 is 0 Å². The molecule has 1 saturated heterocycles. The van der Waals surface area contributed by atoms with Gasteiger partial charge in [0.1, 0.15) is 0 Å². The zero-order chi connectivity index (χ0) is 15.1. The third-order valence-electron chi connectivity index (χ3n) is 3.65. The minimum absolute atomic E-state index is 0.0194. The van der Waals surface area contributed by atoms with E-state index in [0.717, 1.165) is 32.7 Å². The molecule has 1 N–H and O–H groups in total. The quantitative estimate of drug-likeness (QED) is 0.891. The standard InChI is InChI=1S/C16H22N4O/c1-2-6-19-7-9-20(10-8-19)13-16(21)18-15-5-3-4-14(11-15)12-17/h3-5,11H,2,6-10,13H2,1H3,(H,18,21). The zero-order valence-corrected chi connectivity index (χ0v) is 12.5. The molecular formula is C16H22N4O. The largest absolute Gasteiger partial charge is 0.325 e. The highest BCUT2D eigenvalue weighted by Gasteiger charge is 2.18. The molecule has 0 spiro atoms. The molecule has 1 aliphatic heterocycles. The van der Waals surface area contributed by atoms with Crippen molar-refractivity contribution in [2.45, 2.75) is 13.3 Å². The first-order valence-electron chi connectivity index (χ1n) is 7.46. The van der Waals surface area contributed by atoms with Crippen LogP contribution in [0.4, 0.5) is 5.69 Å². The third kappa shape index (κ3) is 4.85. The van der Waals surface area contributed by atoms with Crippen molar-refractivity contribution in [1.82, 2.24) is 9.80 Å². The summed E-state index contributed by atoms with van der Waals surface area (Å²) in [6, 6.07) is 9.07. The van der Waals surface area contributed by atoms with Crippen LogP contribution in [0.5, 0.6) is 0 Å². The van der Waals surface area contributed by atoms with Gasteiger partial charge in [-0.1, -0.05) is 13.0 Å². The van der Waals surface area contributed by atoms with Crippen LogP contribution in [-0.2, 0) is 4.79 Å². The second kappa shape index (κ2) is 7.77. The van der Waals surface area contributed by atoms with E-state index in [1.165, 1.54) is 6.42 Å². The molecule has 1 aromatic carbocycles. The van der Waals surface area contributed by atoms with Crippen LogP contribution in [0.3, 0.4) is 0 Å². The Bertz CT molecular complexity index is 515. The van der Waals surface area contributed by atoms with E-state index in [4.69, 9.17) is 5.26 Å². The van der Waals surface area contributed by atoms with Crippen LogP contribution in [0.25, 0.3) is 0 Å². The Balaban J connectivity index is 1.79. The van der Waals surface area contributed by atoms with Gasteiger partial charge in [-0.3, -0.25) is 9.69 Å². The Morgan fingerprint density at radius 2 is 2.00 bits per heavy atom. The van der Waals surface area contributed by atoms with Crippen LogP contribution in [0.15, 0.2) is 24.3 Å². The molecule has 0 saturated carbocycles. The number of benzene rings is 1. The molecule has 1 fully saturated rings. The van der Waals surface area contributed by atoms with E-state index in [1.807, 2.05) is 0 Å². The average molecular weight is 286 g/mol. The SMILES string of the molecule is CCCN1CCN(CC(=O)Nc2cccc(C#N)c2)CC1. The van der Waals surface area contributed by atoms with Gasteiger partial charge in [-0.05, 0) is 31.2 Å². The fraction of sp³-hybridized carbons (Fsp3) is 0.500. The Kier molecular flexibility index (Phi) is 5.73. The molecule has 1 heterocycles. The van der Waals surface area contributed by atoms with Crippen molar-refractivity contribution in [2.24, 2.45) is 0 Å². The average Bonchev–Trinajstić information content (AvgIpc) is 2.49. The molecule has 0 unspecified atom stereocenters. The lowest BCUT2D eigenvalue weighted by atomic mass is 10.2. The number of hydrogen-bond acceptors (Lipinski definition) is 4. The summed E-state index contributed by atoms with van der Waals surface area (Å²) in [4.78, 5) is 16.6. The van der Waals surface area contributed by atoms with Gasteiger partial charge in [0.05, 0.1) is 18.2 Å². The smallest absolute Gasteiger partial charge is 0.238 e. The Morgan fingerprint density at radius 1 is 1.29 bits per heavy atom. The highest BCUT2D eigenvalue weighted by Crippen LogP contribution is 2.10. The Labute approximate surface area is 126 Å². The normalized spacial score (nSPS) is 16.4. The number of piperazine rings is 1. The number of nitrogens with zero attached hydrogens (tertiary/aromatic N) is 3. The van der Waals surface area contributed by atoms with Crippen molar-refractivity contribution < 1.29 is 4.79 Å². The fourth-order valence-electron chi connectivity index (χ4n) is 2.56. The maximum Gasteiger partial charge on any atom is 0.238 e. The highest BCUT2D eigenvalue weighted by molar-refractivity contribution is 5.92. The molecule has 0 aromatic heterocycles. The number of nitriles is 1. The van der Waals surface area contributed by atoms with Crippen LogP contribution >= 0.6 is 0 Å². The molecule has 0 radical (unpaired) electrons. The predicted molar refractivity (Wildman–Crippen MR) is 83.0 cm³/mol. The van der Waals surface area contributed by atoms with Crippen LogP contribution in [0, 0.1) is 11.3 Å². The molecular weight excluding hydrogens is 264 g/mol. The number of rotatable bonds is 5. The molecule has 5 nitrogen and oxygen atoms in total. The van der Waals surface area contributed by atoms with Crippen molar-refractivity contribution in [3.05, 3.63) is 29.8 Å². The fourth-order valence-corrected chi connectivity index (χ4v) is 2.56. The number of nitrogens with one attached hydrogen (secondary N) is 1. The van der Waals surface area contributed by atoms with Gasteiger partial charge in [0, 0.05) is 31.9 Å². The summed E-state index contributed by atoms with van der Waals surface area (Å²) < 4.78 is 0. The lowest BCUT2D eigenvalue weighted by Crippen LogP contribution is -2.48. The van der Waals surface area contributed by atoms with Gasteiger partial charge < -0.3 is 10.2 Å². The van der Waals surface area contributed by atoms with Crippen molar-refractivity contribution in [2.75, 3.05) is 44.6 Å². The zero-order valence-electron chi connectivity index (χ0n) is 12.5. The van der Waals surface area contributed by atoms with Gasteiger partial charge in [-0.2, -0.15) is 5.26 Å². The van der Waals surface area contributed by atoms with Gasteiger partial charge in [0.15, 0.2) is 0 Å². The first-order valence-corrected chi connectivity index (χ1v) is 7.46. The lowest BCUT2D eigenvalue weighted by Gasteiger charge is -2.34. The number of carbonyl (C=O) groups excluding carboxylic acids is 1. The van der Waals surface area contributed by atoms with E-state index in [0.29, 0.717) is 17.8 Å². The molecule has 2 rings (SSSR count). The third-order valence-corrected chi connectivity index (χ3v) is 3.65. The second-order valence-corrected chi connectivity index (χ2v) is 5.36. The van der Waals surface area contributed by atoms with E-state index in [2.05, 4.69) is 28.1 Å². The summed E-state index contributed by atoms with van der Waals surface area (Å²) in [7, 11) is 0. The van der Waals surface area contributed by atoms with Crippen molar-refractivity contribution >= 4 is 11.6 Å². The van der Waals surface area contributed by atoms with Gasteiger partial charge in [-0.25, -0.2) is 0 Å². The summed E-state index contributed by atoms with van der Waals surface area (Å²) in [5.41, 5.74) is 1.24. The van der Waals surface area contributed by atoms with Crippen LogP contribution in [-0.4, -0.2) is 55.0 Å². The molecule has 5 heteroatoms. The maximum atomic E-state index is 12.0. The molecule has 21 heavy (non-hydrogen) atoms. The summed E-state index contributed by atoms with van der Waals surface area (Å²) >= 11 is 0. The summed E-state index contributed by atoms with van der Waals surface area (Å²) in [5.74, 6) is -0.0194. The molecule has 1 amide bonds. The minimum Gasteiger partial charge on any atom is -0.325 e. The highest BCUT2D eigenvalue weighted by atomic mass is 16.2. The lowest BCUT2D eigenvalue weighted by molar-refractivity contribution is -0.117. The van der Waals surface area contributed by atoms with Gasteiger partial charge in [-0.15, -0.1) is 0 Å². The predicted octanol–water partition coefficient (Wildman–Crippen LogP) is 1.52. The van der Waals surface area contributed by atoms with Crippen molar-refractivity contribution in [3.63, 3.8) is 0 Å². The monoisotopic (exact) mass is 286 g/mol. The number of anilines is 1. The van der Waals surface area contributed by atoms with E-state index >= 15 is 0 Å². The Morgan fingerprint density at radius 3 is 2.67 bits per heavy atom.